The number of carbonyl (C=O) groups is 1. The Kier molecular flexibility index (Phi) is 5.64. The van der Waals surface area contributed by atoms with Crippen molar-refractivity contribution in [2.45, 2.75) is 13.3 Å². The lowest BCUT2D eigenvalue weighted by Crippen LogP contribution is -2.19. The number of aromatic hydroxyl groups is 1. The zero-order valence-electron chi connectivity index (χ0n) is 12.7. The molecule has 2 aromatic rings. The van der Waals surface area contributed by atoms with Crippen molar-refractivity contribution < 1.29 is 14.8 Å². The summed E-state index contributed by atoms with van der Waals surface area (Å²) in [7, 11) is 0. The molecule has 0 saturated heterocycles. The maximum Gasteiger partial charge on any atom is 0.312 e. The van der Waals surface area contributed by atoms with Crippen molar-refractivity contribution in [3.05, 3.63) is 67.7 Å². The molecule has 2 N–H and O–H groups in total. The van der Waals surface area contributed by atoms with Crippen LogP contribution in [0.5, 0.6) is 5.75 Å². The van der Waals surface area contributed by atoms with Crippen molar-refractivity contribution in [3.63, 3.8) is 0 Å². The van der Waals surface area contributed by atoms with E-state index in [1.165, 1.54) is 12.1 Å². The molecule has 0 heterocycles. The first-order valence-electron chi connectivity index (χ1n) is 6.91. The third-order valence-corrected chi connectivity index (χ3v) is 3.62. The van der Waals surface area contributed by atoms with Crippen LogP contribution in [0.15, 0.2) is 46.0 Å². The molecule has 0 fully saturated rings. The summed E-state index contributed by atoms with van der Waals surface area (Å²) in [5.74, 6) is -0.848. The summed E-state index contributed by atoms with van der Waals surface area (Å²) in [4.78, 5) is 22.0. The predicted octanol–water partition coefficient (Wildman–Crippen LogP) is 3.06. The number of hydrogen-bond donors (Lipinski definition) is 2. The highest BCUT2D eigenvalue weighted by molar-refractivity contribution is 9.10. The van der Waals surface area contributed by atoms with E-state index in [1.54, 1.807) is 0 Å². The molecule has 0 bridgehead atoms. The van der Waals surface area contributed by atoms with Crippen LogP contribution in [0.1, 0.15) is 16.7 Å². The SMILES string of the molecule is Cc1ccc(CC(=O)N/N=C/c2cc(Br)cc([N+](=O)[O-])c2O)cc1. The maximum absolute atomic E-state index is 11.8. The lowest BCUT2D eigenvalue weighted by atomic mass is 10.1. The minimum absolute atomic E-state index is 0.117. The summed E-state index contributed by atoms with van der Waals surface area (Å²) in [5, 5.41) is 24.4. The second kappa shape index (κ2) is 7.69. The second-order valence-electron chi connectivity index (χ2n) is 5.08. The van der Waals surface area contributed by atoms with E-state index in [2.05, 4.69) is 26.5 Å². The van der Waals surface area contributed by atoms with Gasteiger partial charge in [0.1, 0.15) is 0 Å². The second-order valence-corrected chi connectivity index (χ2v) is 5.99. The normalized spacial score (nSPS) is 10.8. The Balaban J connectivity index is 2.05. The van der Waals surface area contributed by atoms with E-state index in [-0.39, 0.29) is 17.9 Å². The molecular weight excluding hydrogens is 378 g/mol. The van der Waals surface area contributed by atoms with Gasteiger partial charge in [0, 0.05) is 16.1 Å². The first kappa shape index (κ1) is 17.6. The number of carbonyl (C=O) groups excluding carboxylic acids is 1. The van der Waals surface area contributed by atoms with Crippen LogP contribution in [-0.4, -0.2) is 22.2 Å². The molecule has 0 atom stereocenters. The van der Waals surface area contributed by atoms with Crippen LogP contribution in [-0.2, 0) is 11.2 Å². The number of aryl methyl sites for hydroxylation is 1. The molecule has 2 rings (SSSR count). The summed E-state index contributed by atoms with van der Waals surface area (Å²) in [5.41, 5.74) is 3.94. The summed E-state index contributed by atoms with van der Waals surface area (Å²) < 4.78 is 0.416. The quantitative estimate of drug-likeness (QED) is 0.464. The van der Waals surface area contributed by atoms with Crippen LogP contribution >= 0.6 is 15.9 Å². The third kappa shape index (κ3) is 4.63. The number of nitro benzene ring substituents is 1. The van der Waals surface area contributed by atoms with E-state index < -0.39 is 16.4 Å². The smallest absolute Gasteiger partial charge is 0.312 e. The molecule has 0 aliphatic carbocycles. The molecule has 0 spiro atoms. The maximum atomic E-state index is 11.8. The fourth-order valence-electron chi connectivity index (χ4n) is 1.95. The Labute approximate surface area is 146 Å². The van der Waals surface area contributed by atoms with Gasteiger partial charge in [0.2, 0.25) is 11.7 Å². The molecule has 0 radical (unpaired) electrons. The molecule has 2 aromatic carbocycles. The number of nitrogens with one attached hydrogen (secondary N) is 1. The number of phenolic OH excluding ortho intramolecular Hbond substituents is 1. The first-order valence-corrected chi connectivity index (χ1v) is 7.70. The molecule has 0 unspecified atom stereocenters. The predicted molar refractivity (Wildman–Crippen MR) is 93.1 cm³/mol. The van der Waals surface area contributed by atoms with Crippen molar-refractivity contribution in [3.8, 4) is 5.75 Å². The van der Waals surface area contributed by atoms with Crippen molar-refractivity contribution in [1.29, 1.82) is 0 Å². The summed E-state index contributed by atoms with van der Waals surface area (Å²) in [6.45, 7) is 1.96. The number of hydrazone groups is 1. The van der Waals surface area contributed by atoms with Gasteiger partial charge in [-0.1, -0.05) is 45.8 Å². The van der Waals surface area contributed by atoms with Crippen LogP contribution in [0.2, 0.25) is 0 Å². The van der Waals surface area contributed by atoms with Crippen molar-refractivity contribution >= 4 is 33.7 Å². The minimum atomic E-state index is -0.701. The highest BCUT2D eigenvalue weighted by Crippen LogP contribution is 2.32. The van der Waals surface area contributed by atoms with Crippen molar-refractivity contribution in [2.24, 2.45) is 5.10 Å². The largest absolute Gasteiger partial charge is 0.502 e. The molecule has 124 valence electrons. The number of amides is 1. The van der Waals surface area contributed by atoms with Crippen LogP contribution in [0.3, 0.4) is 0 Å². The van der Waals surface area contributed by atoms with Crippen molar-refractivity contribution in [2.75, 3.05) is 0 Å². The van der Waals surface area contributed by atoms with Crippen LogP contribution in [0.4, 0.5) is 5.69 Å². The highest BCUT2D eigenvalue weighted by atomic mass is 79.9. The van der Waals surface area contributed by atoms with Gasteiger partial charge in [-0.3, -0.25) is 14.9 Å². The number of phenols is 1. The van der Waals surface area contributed by atoms with Crippen molar-refractivity contribution in [1.82, 2.24) is 5.43 Å². The van der Waals surface area contributed by atoms with Gasteiger partial charge < -0.3 is 5.11 Å². The Morgan fingerprint density at radius 3 is 2.67 bits per heavy atom. The van der Waals surface area contributed by atoms with E-state index in [0.29, 0.717) is 4.47 Å². The van der Waals surface area contributed by atoms with E-state index in [9.17, 15) is 20.0 Å². The molecule has 0 aromatic heterocycles. The minimum Gasteiger partial charge on any atom is -0.502 e. The number of nitro groups is 1. The van der Waals surface area contributed by atoms with Crippen LogP contribution in [0, 0.1) is 17.0 Å². The summed E-state index contributed by atoms with van der Waals surface area (Å²) >= 11 is 3.12. The van der Waals surface area contributed by atoms with Gasteiger partial charge in [0.15, 0.2) is 0 Å². The monoisotopic (exact) mass is 391 g/mol. The lowest BCUT2D eigenvalue weighted by Gasteiger charge is -2.03. The zero-order valence-corrected chi connectivity index (χ0v) is 14.3. The Morgan fingerprint density at radius 1 is 1.38 bits per heavy atom. The summed E-state index contributed by atoms with van der Waals surface area (Å²) in [6, 6.07) is 10.2. The number of nitrogens with zero attached hydrogens (tertiary/aromatic N) is 2. The van der Waals surface area contributed by atoms with E-state index in [1.807, 2.05) is 31.2 Å². The third-order valence-electron chi connectivity index (χ3n) is 3.16. The van der Waals surface area contributed by atoms with E-state index in [4.69, 9.17) is 0 Å². The molecule has 0 aliphatic rings. The lowest BCUT2D eigenvalue weighted by molar-refractivity contribution is -0.385. The topological polar surface area (TPSA) is 105 Å². The van der Waals surface area contributed by atoms with Crippen LogP contribution in [0.25, 0.3) is 0 Å². The molecule has 24 heavy (non-hydrogen) atoms. The average molecular weight is 392 g/mol. The van der Waals surface area contributed by atoms with Gasteiger partial charge >= 0.3 is 5.69 Å². The fraction of sp³-hybridized carbons (Fsp3) is 0.125. The standard InChI is InChI=1S/C16H14BrN3O4/c1-10-2-4-11(5-3-10)6-15(21)19-18-9-12-7-13(17)8-14(16(12)22)20(23)24/h2-5,7-9,22H,6H2,1H3,(H,19,21)/b18-9+. The van der Waals surface area contributed by atoms with Gasteiger partial charge in [-0.05, 0) is 18.6 Å². The molecule has 8 heteroatoms. The van der Waals surface area contributed by atoms with Gasteiger partial charge in [0.05, 0.1) is 17.6 Å². The highest BCUT2D eigenvalue weighted by Gasteiger charge is 2.17. The summed E-state index contributed by atoms with van der Waals surface area (Å²) in [6.07, 6.45) is 1.31. The number of hydrogen-bond acceptors (Lipinski definition) is 5. The Bertz CT molecular complexity index is 804. The van der Waals surface area contributed by atoms with Gasteiger partial charge in [-0.2, -0.15) is 5.10 Å². The Morgan fingerprint density at radius 2 is 2.04 bits per heavy atom. The molecule has 1 amide bonds. The van der Waals surface area contributed by atoms with Gasteiger partial charge in [0.25, 0.3) is 0 Å². The number of benzene rings is 2. The molecule has 7 nitrogen and oxygen atoms in total. The fourth-order valence-corrected chi connectivity index (χ4v) is 2.41. The Hall–Kier alpha value is -2.74. The number of rotatable bonds is 5. The van der Waals surface area contributed by atoms with Crippen LogP contribution < -0.4 is 5.43 Å². The average Bonchev–Trinajstić information content (AvgIpc) is 2.52. The van der Waals surface area contributed by atoms with Gasteiger partial charge in [-0.25, -0.2) is 5.43 Å². The van der Waals surface area contributed by atoms with Gasteiger partial charge in [-0.15, -0.1) is 0 Å². The van der Waals surface area contributed by atoms with E-state index in [0.717, 1.165) is 17.3 Å². The zero-order chi connectivity index (χ0) is 17.7. The first-order chi connectivity index (χ1) is 11.4. The molecular formula is C16H14BrN3O4. The van der Waals surface area contributed by atoms with E-state index >= 15 is 0 Å². The molecule has 0 saturated carbocycles. The number of halogens is 1. The molecule has 0 aliphatic heterocycles.